The summed E-state index contributed by atoms with van der Waals surface area (Å²) in [5.74, 6) is 0. The molecular formula is C14H6. The maximum Gasteiger partial charge on any atom is 0.0490 e. The molecule has 0 bridgehead atoms. The Kier molecular flexibility index (Phi) is 0.880. The van der Waals surface area contributed by atoms with Crippen molar-refractivity contribution in [2.75, 3.05) is 0 Å². The van der Waals surface area contributed by atoms with Crippen molar-refractivity contribution < 1.29 is 0 Å². The fourth-order valence-corrected chi connectivity index (χ4v) is 2.28. The molecule has 0 saturated carbocycles. The van der Waals surface area contributed by atoms with Crippen LogP contribution < -0.4 is 0 Å². The normalized spacial score (nSPS) is 11.7. The molecule has 0 aliphatic heterocycles. The lowest BCUT2D eigenvalue weighted by Gasteiger charge is -2.12. The van der Waals surface area contributed by atoms with E-state index in [1.165, 1.54) is 32.3 Å². The molecule has 0 N–H and O–H groups in total. The van der Waals surface area contributed by atoms with Gasteiger partial charge in [-0.2, -0.15) is 0 Å². The third-order valence-electron chi connectivity index (χ3n) is 3.01. The summed E-state index contributed by atoms with van der Waals surface area (Å²) in [6.45, 7) is 0. The monoisotopic (exact) mass is 174 g/mol. The van der Waals surface area contributed by atoms with Crippen LogP contribution >= 0.6 is 0 Å². The highest BCUT2D eigenvalue weighted by Crippen LogP contribution is 2.39. The summed E-state index contributed by atoms with van der Waals surface area (Å²) >= 11 is 0. The van der Waals surface area contributed by atoms with Crippen LogP contribution in [0.3, 0.4) is 0 Å². The van der Waals surface area contributed by atoms with Gasteiger partial charge in [0, 0.05) is 16.2 Å². The van der Waals surface area contributed by atoms with E-state index in [1.54, 1.807) is 0 Å². The maximum absolute atomic E-state index is 3.14. The van der Waals surface area contributed by atoms with E-state index >= 15 is 0 Å². The fourth-order valence-electron chi connectivity index (χ4n) is 2.28. The second-order valence-corrected chi connectivity index (χ2v) is 3.71. The van der Waals surface area contributed by atoms with Crippen LogP contribution in [-0.2, 0) is 0 Å². The molecule has 14 heavy (non-hydrogen) atoms. The average molecular weight is 174 g/mol. The van der Waals surface area contributed by atoms with Crippen molar-refractivity contribution in [3.8, 4) is 0 Å². The van der Waals surface area contributed by atoms with Crippen LogP contribution in [0.2, 0.25) is 0 Å². The lowest BCUT2D eigenvalue weighted by atomic mass is 9.90. The average Bonchev–Trinajstić information content (AvgIpc) is 2.18. The van der Waals surface area contributed by atoms with Gasteiger partial charge in [-0.3, -0.25) is 0 Å². The topological polar surface area (TPSA) is 0 Å². The summed E-state index contributed by atoms with van der Waals surface area (Å²) in [4.78, 5) is 0. The zero-order chi connectivity index (χ0) is 9.12. The molecule has 0 nitrogen and oxygen atoms in total. The molecular weight excluding hydrogens is 168 g/mol. The lowest BCUT2D eigenvalue weighted by Crippen LogP contribution is -1.86. The van der Waals surface area contributed by atoms with E-state index in [0.29, 0.717) is 0 Å². The molecule has 0 aliphatic rings. The Hall–Kier alpha value is -2.00. The Labute approximate surface area is 81.4 Å². The van der Waals surface area contributed by atoms with Crippen molar-refractivity contribution in [3.63, 3.8) is 0 Å². The molecule has 0 unspecified atom stereocenters. The van der Waals surface area contributed by atoms with E-state index in [-0.39, 0.29) is 0 Å². The van der Waals surface area contributed by atoms with Gasteiger partial charge in [-0.25, -0.2) is 0 Å². The van der Waals surface area contributed by atoms with E-state index in [4.69, 9.17) is 0 Å². The Morgan fingerprint density at radius 2 is 1.50 bits per heavy atom. The molecule has 62 valence electrons. The molecule has 4 rings (SSSR count). The van der Waals surface area contributed by atoms with Crippen LogP contribution in [-0.4, -0.2) is 0 Å². The quantitative estimate of drug-likeness (QED) is 0.382. The van der Waals surface area contributed by atoms with Gasteiger partial charge < -0.3 is 0 Å². The molecule has 0 heterocycles. The molecule has 0 fully saturated rings. The third-order valence-corrected chi connectivity index (χ3v) is 3.01. The smallest absolute Gasteiger partial charge is 0.0490 e. The van der Waals surface area contributed by atoms with Crippen LogP contribution in [0, 0.1) is 12.1 Å². The van der Waals surface area contributed by atoms with Crippen molar-refractivity contribution in [1.82, 2.24) is 0 Å². The highest BCUT2D eigenvalue weighted by Gasteiger charge is 2.12. The van der Waals surface area contributed by atoms with E-state index in [9.17, 15) is 0 Å². The predicted molar refractivity (Wildman–Crippen MR) is 59.0 cm³/mol. The first-order chi connectivity index (χ1) is 6.95. The molecule has 0 aromatic heterocycles. The number of benzene rings is 2. The van der Waals surface area contributed by atoms with Crippen molar-refractivity contribution in [1.29, 1.82) is 0 Å². The highest BCUT2D eigenvalue weighted by atomic mass is 14.1. The number of fused-ring (bicyclic) bond motifs is 6. The van der Waals surface area contributed by atoms with Gasteiger partial charge in [-0.15, -0.1) is 0 Å². The van der Waals surface area contributed by atoms with Crippen molar-refractivity contribution in [3.05, 3.63) is 48.5 Å². The van der Waals surface area contributed by atoms with E-state index in [0.717, 1.165) is 0 Å². The first kappa shape index (κ1) is 6.45. The molecule has 0 atom stereocenters. The largest absolute Gasteiger partial charge is 0.0616 e. The van der Waals surface area contributed by atoms with Gasteiger partial charge in [-0.1, -0.05) is 42.5 Å². The lowest BCUT2D eigenvalue weighted by molar-refractivity contribution is 1.80. The zero-order valence-electron chi connectivity index (χ0n) is 7.46. The van der Waals surface area contributed by atoms with Gasteiger partial charge in [0.25, 0.3) is 0 Å². The summed E-state index contributed by atoms with van der Waals surface area (Å²) < 4.78 is 0. The molecule has 0 saturated heterocycles. The second-order valence-electron chi connectivity index (χ2n) is 3.71. The summed E-state index contributed by atoms with van der Waals surface area (Å²) in [6, 6.07) is 19.1. The number of rotatable bonds is 0. The second kappa shape index (κ2) is 1.91. The highest BCUT2D eigenvalue weighted by molar-refractivity contribution is 6.33. The first-order valence-electron chi connectivity index (χ1n) is 4.74. The Balaban J connectivity index is 2.36. The Bertz CT molecular complexity index is 707. The maximum atomic E-state index is 3.14. The predicted octanol–water partition coefficient (Wildman–Crippen LogP) is 3.62. The van der Waals surface area contributed by atoms with Crippen LogP contribution in [0.4, 0.5) is 0 Å². The standard InChI is InChI=1S/C14H6/c1-2-4-12-11(3-1)13-8-6-9-5-7-10(9)14(12)13/h1-4,6,8H. The Morgan fingerprint density at radius 1 is 0.714 bits per heavy atom. The molecule has 0 amide bonds. The van der Waals surface area contributed by atoms with E-state index in [1.807, 2.05) is 0 Å². The molecule has 0 radical (unpaired) electrons. The summed E-state index contributed by atoms with van der Waals surface area (Å²) in [6.07, 6.45) is 0. The summed E-state index contributed by atoms with van der Waals surface area (Å²) in [5.41, 5.74) is 0. The van der Waals surface area contributed by atoms with Crippen LogP contribution in [0.25, 0.3) is 32.3 Å². The molecule has 4 aromatic rings. The van der Waals surface area contributed by atoms with Crippen molar-refractivity contribution in [2.24, 2.45) is 0 Å². The number of hydrogen-bond donors (Lipinski definition) is 0. The molecule has 0 aliphatic carbocycles. The third kappa shape index (κ3) is 0.533. The summed E-state index contributed by atoms with van der Waals surface area (Å²) in [7, 11) is 0. The van der Waals surface area contributed by atoms with Gasteiger partial charge in [0.1, 0.15) is 0 Å². The summed E-state index contributed by atoms with van der Waals surface area (Å²) in [5, 5.41) is 7.94. The molecule has 0 heteroatoms. The SMILES string of the molecule is c1c2ccc3c4ccccc4c3c2c#1. The zero-order valence-corrected chi connectivity index (χ0v) is 7.46. The van der Waals surface area contributed by atoms with Gasteiger partial charge >= 0.3 is 0 Å². The van der Waals surface area contributed by atoms with Crippen LogP contribution in [0.5, 0.6) is 0 Å². The van der Waals surface area contributed by atoms with Gasteiger partial charge in [-0.05, 0) is 22.2 Å². The molecule has 0 spiro atoms. The van der Waals surface area contributed by atoms with E-state index in [2.05, 4.69) is 48.5 Å². The Morgan fingerprint density at radius 3 is 2.29 bits per heavy atom. The van der Waals surface area contributed by atoms with Gasteiger partial charge in [0.15, 0.2) is 0 Å². The fraction of sp³-hybridized carbons (Fsp3) is 0. The minimum absolute atomic E-state index is 1.21. The van der Waals surface area contributed by atoms with Crippen LogP contribution in [0.15, 0.2) is 36.4 Å². The van der Waals surface area contributed by atoms with Crippen molar-refractivity contribution >= 4 is 32.3 Å². The van der Waals surface area contributed by atoms with Gasteiger partial charge in [0.05, 0.1) is 0 Å². The minimum Gasteiger partial charge on any atom is -0.0616 e. The van der Waals surface area contributed by atoms with Crippen molar-refractivity contribution in [2.45, 2.75) is 0 Å². The van der Waals surface area contributed by atoms with Crippen LogP contribution in [0.1, 0.15) is 0 Å². The number of hydrogen-bond acceptors (Lipinski definition) is 0. The van der Waals surface area contributed by atoms with E-state index < -0.39 is 0 Å². The first-order valence-corrected chi connectivity index (χ1v) is 4.74. The van der Waals surface area contributed by atoms with Gasteiger partial charge in [0.2, 0.25) is 0 Å². The molecule has 4 aromatic carbocycles. The minimum atomic E-state index is 1.21.